The third-order valence-corrected chi connectivity index (χ3v) is 4.14. The molecule has 0 bridgehead atoms. The molecule has 0 aliphatic rings. The quantitative estimate of drug-likeness (QED) is 0.738. The van der Waals surface area contributed by atoms with Crippen molar-refractivity contribution in [1.82, 2.24) is 10.3 Å². The maximum absolute atomic E-state index is 12.2. The molecule has 3 rings (SSSR count). The van der Waals surface area contributed by atoms with Crippen molar-refractivity contribution < 1.29 is 9.53 Å². The Morgan fingerprint density at radius 1 is 1.16 bits per heavy atom. The van der Waals surface area contributed by atoms with Crippen molar-refractivity contribution in [1.29, 1.82) is 0 Å². The van der Waals surface area contributed by atoms with Gasteiger partial charge in [0.2, 0.25) is 5.91 Å². The fourth-order valence-corrected chi connectivity index (χ4v) is 2.65. The molecule has 0 fully saturated rings. The summed E-state index contributed by atoms with van der Waals surface area (Å²) < 4.78 is 5.15. The van der Waals surface area contributed by atoms with E-state index in [0.717, 1.165) is 10.9 Å². The zero-order chi connectivity index (χ0) is 17.8. The second-order valence-corrected chi connectivity index (χ2v) is 6.09. The summed E-state index contributed by atoms with van der Waals surface area (Å²) in [5.41, 5.74) is 1.83. The molecule has 1 aromatic heterocycles. The molecule has 0 saturated heterocycles. The molecule has 25 heavy (non-hydrogen) atoms. The van der Waals surface area contributed by atoms with Crippen LogP contribution in [0.15, 0.2) is 53.3 Å². The zero-order valence-corrected chi connectivity index (χ0v) is 14.4. The number of halogens is 1. The Kier molecular flexibility index (Phi) is 5.05. The molecule has 1 heterocycles. The van der Waals surface area contributed by atoms with Gasteiger partial charge in [0.1, 0.15) is 5.75 Å². The Bertz CT molecular complexity index is 965. The van der Waals surface area contributed by atoms with Crippen LogP contribution in [0, 0.1) is 0 Å². The lowest BCUT2D eigenvalue weighted by Gasteiger charge is -2.07. The Morgan fingerprint density at radius 2 is 1.92 bits per heavy atom. The molecule has 2 aromatic carbocycles. The van der Waals surface area contributed by atoms with Crippen molar-refractivity contribution in [3.63, 3.8) is 0 Å². The number of benzene rings is 2. The van der Waals surface area contributed by atoms with E-state index in [-0.39, 0.29) is 24.4 Å². The van der Waals surface area contributed by atoms with Gasteiger partial charge in [-0.25, -0.2) is 0 Å². The average molecular weight is 357 g/mol. The molecule has 6 heteroatoms. The smallest absolute Gasteiger partial charge is 0.253 e. The lowest BCUT2D eigenvalue weighted by Crippen LogP contribution is -2.27. The van der Waals surface area contributed by atoms with Gasteiger partial charge in [-0.05, 0) is 41.3 Å². The predicted molar refractivity (Wildman–Crippen MR) is 98.1 cm³/mol. The second kappa shape index (κ2) is 7.40. The highest BCUT2D eigenvalue weighted by Gasteiger charge is 2.07. The number of hydrogen-bond acceptors (Lipinski definition) is 3. The minimum atomic E-state index is -0.229. The van der Waals surface area contributed by atoms with Crippen molar-refractivity contribution in [2.45, 2.75) is 13.0 Å². The molecule has 2 N–H and O–H groups in total. The summed E-state index contributed by atoms with van der Waals surface area (Å²) >= 11 is 5.83. The van der Waals surface area contributed by atoms with Crippen LogP contribution >= 0.6 is 11.6 Å². The van der Waals surface area contributed by atoms with Gasteiger partial charge in [0.25, 0.3) is 5.56 Å². The van der Waals surface area contributed by atoms with Gasteiger partial charge in [0, 0.05) is 23.2 Å². The maximum atomic E-state index is 12.2. The predicted octanol–water partition coefficient (Wildman–Crippen LogP) is 3.05. The molecule has 5 nitrogen and oxygen atoms in total. The number of fused-ring (bicyclic) bond motifs is 1. The van der Waals surface area contributed by atoms with E-state index in [2.05, 4.69) is 10.3 Å². The molecule has 0 spiro atoms. The number of amides is 1. The molecule has 0 saturated carbocycles. The molecule has 0 atom stereocenters. The van der Waals surface area contributed by atoms with Gasteiger partial charge in [-0.1, -0.05) is 23.7 Å². The number of rotatable bonds is 5. The van der Waals surface area contributed by atoms with Crippen molar-refractivity contribution >= 4 is 28.4 Å². The van der Waals surface area contributed by atoms with E-state index in [0.29, 0.717) is 21.9 Å². The van der Waals surface area contributed by atoms with Crippen LogP contribution in [-0.4, -0.2) is 18.0 Å². The summed E-state index contributed by atoms with van der Waals surface area (Å²) in [7, 11) is 1.57. The van der Waals surface area contributed by atoms with E-state index in [1.54, 1.807) is 43.5 Å². The fourth-order valence-electron chi connectivity index (χ4n) is 2.53. The lowest BCUT2D eigenvalue weighted by molar-refractivity contribution is -0.120. The summed E-state index contributed by atoms with van der Waals surface area (Å²) in [4.78, 5) is 27.0. The number of H-pyrrole nitrogens is 1. The van der Waals surface area contributed by atoms with Gasteiger partial charge < -0.3 is 15.0 Å². The SMILES string of the molecule is COc1ccc2cc(CNC(=O)Cc3ccc(Cl)cc3)c(=O)[nH]c2c1. The van der Waals surface area contributed by atoms with Gasteiger partial charge in [0.15, 0.2) is 0 Å². The Morgan fingerprint density at radius 3 is 2.64 bits per heavy atom. The first-order chi connectivity index (χ1) is 12.0. The van der Waals surface area contributed by atoms with Gasteiger partial charge in [-0.3, -0.25) is 9.59 Å². The minimum absolute atomic E-state index is 0.156. The Labute approximate surface area is 149 Å². The number of pyridine rings is 1. The van der Waals surface area contributed by atoms with Crippen LogP contribution in [0.3, 0.4) is 0 Å². The van der Waals surface area contributed by atoms with Gasteiger partial charge in [0.05, 0.1) is 19.0 Å². The third-order valence-electron chi connectivity index (χ3n) is 3.88. The zero-order valence-electron chi connectivity index (χ0n) is 13.6. The van der Waals surface area contributed by atoms with E-state index in [4.69, 9.17) is 16.3 Å². The molecular formula is C19H17ClN2O3. The summed E-state index contributed by atoms with van der Waals surface area (Å²) in [6.45, 7) is 0.170. The highest BCUT2D eigenvalue weighted by Crippen LogP contribution is 2.18. The molecular weight excluding hydrogens is 340 g/mol. The third kappa shape index (κ3) is 4.19. The van der Waals surface area contributed by atoms with Crippen molar-refractivity contribution in [2.24, 2.45) is 0 Å². The van der Waals surface area contributed by atoms with E-state index in [1.165, 1.54) is 0 Å². The number of hydrogen-bond donors (Lipinski definition) is 2. The van der Waals surface area contributed by atoms with E-state index < -0.39 is 0 Å². The van der Waals surface area contributed by atoms with Crippen LogP contribution in [0.25, 0.3) is 10.9 Å². The first-order valence-corrected chi connectivity index (χ1v) is 8.14. The van der Waals surface area contributed by atoms with Crippen molar-refractivity contribution in [3.05, 3.63) is 75.0 Å². The highest BCUT2D eigenvalue weighted by molar-refractivity contribution is 6.30. The van der Waals surface area contributed by atoms with Gasteiger partial charge in [-0.15, -0.1) is 0 Å². The molecule has 128 valence electrons. The van der Waals surface area contributed by atoms with Crippen molar-refractivity contribution in [2.75, 3.05) is 7.11 Å². The van der Waals surface area contributed by atoms with Crippen LogP contribution < -0.4 is 15.6 Å². The highest BCUT2D eigenvalue weighted by atomic mass is 35.5. The van der Waals surface area contributed by atoms with E-state index in [1.807, 2.05) is 12.1 Å². The number of aromatic nitrogens is 1. The van der Waals surface area contributed by atoms with Gasteiger partial charge in [-0.2, -0.15) is 0 Å². The largest absolute Gasteiger partial charge is 0.497 e. The molecule has 0 radical (unpaired) electrons. The van der Waals surface area contributed by atoms with E-state index in [9.17, 15) is 9.59 Å². The molecule has 0 unspecified atom stereocenters. The van der Waals surface area contributed by atoms with Crippen LogP contribution in [-0.2, 0) is 17.8 Å². The number of methoxy groups -OCH3 is 1. The Balaban J connectivity index is 1.70. The lowest BCUT2D eigenvalue weighted by atomic mass is 10.1. The number of carbonyl (C=O) groups is 1. The Hall–Kier alpha value is -2.79. The second-order valence-electron chi connectivity index (χ2n) is 5.66. The van der Waals surface area contributed by atoms with Crippen LogP contribution in [0.2, 0.25) is 5.02 Å². The standard InChI is InChI=1S/C19H17ClN2O3/c1-25-16-7-4-13-9-14(19(24)22-17(13)10-16)11-21-18(23)8-12-2-5-15(20)6-3-12/h2-7,9-10H,8,11H2,1H3,(H,21,23)(H,22,24). The number of carbonyl (C=O) groups excluding carboxylic acids is 1. The van der Waals surface area contributed by atoms with Crippen LogP contribution in [0.1, 0.15) is 11.1 Å². The van der Waals surface area contributed by atoms with Crippen LogP contribution in [0.4, 0.5) is 0 Å². The number of nitrogens with one attached hydrogen (secondary N) is 2. The molecule has 3 aromatic rings. The van der Waals surface area contributed by atoms with Crippen LogP contribution in [0.5, 0.6) is 5.75 Å². The number of ether oxygens (including phenoxy) is 1. The summed E-state index contributed by atoms with van der Waals surface area (Å²) in [5.74, 6) is 0.517. The molecule has 1 amide bonds. The summed E-state index contributed by atoms with van der Waals surface area (Å²) in [5, 5.41) is 4.28. The average Bonchev–Trinajstić information content (AvgIpc) is 2.61. The maximum Gasteiger partial charge on any atom is 0.253 e. The minimum Gasteiger partial charge on any atom is -0.497 e. The van der Waals surface area contributed by atoms with Crippen molar-refractivity contribution in [3.8, 4) is 5.75 Å². The number of aromatic amines is 1. The molecule has 0 aliphatic carbocycles. The topological polar surface area (TPSA) is 71.2 Å². The van der Waals surface area contributed by atoms with Gasteiger partial charge >= 0.3 is 0 Å². The summed E-state index contributed by atoms with van der Waals surface area (Å²) in [6, 6.07) is 14.3. The fraction of sp³-hybridized carbons (Fsp3) is 0.158. The monoisotopic (exact) mass is 356 g/mol. The first-order valence-electron chi connectivity index (χ1n) is 7.76. The van der Waals surface area contributed by atoms with E-state index >= 15 is 0 Å². The normalized spacial score (nSPS) is 10.6. The summed E-state index contributed by atoms with van der Waals surface area (Å²) in [6.07, 6.45) is 0.236. The molecule has 0 aliphatic heterocycles. The first kappa shape index (κ1) is 17.0.